The number of aromatic nitrogens is 2. The third-order valence-electron chi connectivity index (χ3n) is 2.60. The van der Waals surface area contributed by atoms with Gasteiger partial charge in [-0.2, -0.15) is 0 Å². The molecule has 2 N–H and O–H groups in total. The van der Waals surface area contributed by atoms with Gasteiger partial charge < -0.3 is 15.2 Å². The predicted molar refractivity (Wildman–Crippen MR) is 70.6 cm³/mol. The maximum absolute atomic E-state index is 11.8. The summed E-state index contributed by atoms with van der Waals surface area (Å²) in [5, 5.41) is 9.57. The van der Waals surface area contributed by atoms with Gasteiger partial charge in [0.1, 0.15) is 0 Å². The first-order valence-electron chi connectivity index (χ1n) is 6.11. The minimum absolute atomic E-state index is 0.222. The molecule has 0 saturated carbocycles. The third-order valence-corrected chi connectivity index (χ3v) is 2.60. The van der Waals surface area contributed by atoms with Crippen molar-refractivity contribution in [3.05, 3.63) is 36.3 Å². The van der Waals surface area contributed by atoms with Crippen LogP contribution in [0.5, 0.6) is 0 Å². The molecule has 0 fully saturated rings. The molecule has 2 heterocycles. The number of pyridine rings is 1. The fourth-order valence-electron chi connectivity index (χ4n) is 1.59. The lowest BCUT2D eigenvalue weighted by molar-refractivity contribution is 0.0944. The van der Waals surface area contributed by atoms with E-state index in [9.17, 15) is 4.79 Å². The van der Waals surface area contributed by atoms with Crippen LogP contribution in [0.2, 0.25) is 0 Å². The molecular weight excluding hydrogens is 244 g/mol. The molecule has 0 aliphatic carbocycles. The molecule has 0 unspecified atom stereocenters. The van der Waals surface area contributed by atoms with E-state index in [4.69, 9.17) is 4.52 Å². The van der Waals surface area contributed by atoms with Crippen molar-refractivity contribution in [1.82, 2.24) is 20.8 Å². The zero-order chi connectivity index (χ0) is 13.5. The number of nitrogens with zero attached hydrogens (tertiary/aromatic N) is 2. The van der Waals surface area contributed by atoms with Gasteiger partial charge in [0.25, 0.3) is 5.91 Å². The van der Waals surface area contributed by atoms with Gasteiger partial charge in [-0.05, 0) is 32.1 Å². The monoisotopic (exact) mass is 260 g/mol. The largest absolute Gasteiger partial charge is 0.355 e. The Morgan fingerprint density at radius 1 is 1.32 bits per heavy atom. The van der Waals surface area contributed by atoms with Crippen molar-refractivity contribution in [2.24, 2.45) is 0 Å². The van der Waals surface area contributed by atoms with Crippen LogP contribution in [-0.4, -0.2) is 36.2 Å². The van der Waals surface area contributed by atoms with Gasteiger partial charge in [-0.25, -0.2) is 0 Å². The molecule has 6 nitrogen and oxygen atoms in total. The van der Waals surface area contributed by atoms with Crippen molar-refractivity contribution in [2.45, 2.75) is 6.42 Å². The zero-order valence-electron chi connectivity index (χ0n) is 10.7. The van der Waals surface area contributed by atoms with Crippen molar-refractivity contribution in [3.8, 4) is 11.3 Å². The first-order valence-corrected chi connectivity index (χ1v) is 6.11. The first kappa shape index (κ1) is 13.2. The lowest BCUT2D eigenvalue weighted by Crippen LogP contribution is -2.26. The molecular formula is C13H16N4O2. The molecule has 2 aromatic rings. The quantitative estimate of drug-likeness (QED) is 0.760. The molecule has 19 heavy (non-hydrogen) atoms. The minimum atomic E-state index is -0.222. The number of carbonyl (C=O) groups excluding carboxylic acids is 1. The van der Waals surface area contributed by atoms with E-state index >= 15 is 0 Å². The Bertz CT molecular complexity index is 524. The van der Waals surface area contributed by atoms with E-state index < -0.39 is 0 Å². The fraction of sp³-hybridized carbons (Fsp3) is 0.308. The maximum Gasteiger partial charge on any atom is 0.273 e. The Morgan fingerprint density at radius 3 is 2.84 bits per heavy atom. The van der Waals surface area contributed by atoms with Gasteiger partial charge in [0, 0.05) is 30.6 Å². The van der Waals surface area contributed by atoms with Crippen molar-refractivity contribution < 1.29 is 9.32 Å². The molecule has 0 aromatic carbocycles. The average Bonchev–Trinajstić information content (AvgIpc) is 2.94. The Labute approximate surface area is 111 Å². The van der Waals surface area contributed by atoms with Gasteiger partial charge >= 0.3 is 0 Å². The standard InChI is InChI=1S/C13H16N4O2/c1-14-5-2-6-16-13(18)11-9-12(19-17-11)10-3-7-15-8-4-10/h3-4,7-9,14H,2,5-6H2,1H3,(H,16,18). The summed E-state index contributed by atoms with van der Waals surface area (Å²) in [4.78, 5) is 15.7. The number of amides is 1. The molecule has 2 rings (SSSR count). The molecule has 0 atom stereocenters. The summed E-state index contributed by atoms with van der Waals surface area (Å²) in [6.07, 6.45) is 4.20. The lowest BCUT2D eigenvalue weighted by Gasteiger charge is -2.01. The second kappa shape index (κ2) is 6.65. The van der Waals surface area contributed by atoms with E-state index in [0.717, 1.165) is 18.5 Å². The summed E-state index contributed by atoms with van der Waals surface area (Å²) in [5.41, 5.74) is 1.13. The molecule has 100 valence electrons. The van der Waals surface area contributed by atoms with Gasteiger partial charge in [-0.15, -0.1) is 0 Å². The first-order chi connectivity index (χ1) is 9.31. The van der Waals surface area contributed by atoms with Crippen LogP contribution >= 0.6 is 0 Å². The van der Waals surface area contributed by atoms with E-state index in [-0.39, 0.29) is 11.6 Å². The highest BCUT2D eigenvalue weighted by Crippen LogP contribution is 2.18. The highest BCUT2D eigenvalue weighted by atomic mass is 16.5. The summed E-state index contributed by atoms with van der Waals surface area (Å²) < 4.78 is 5.15. The Hall–Kier alpha value is -2.21. The van der Waals surface area contributed by atoms with Crippen LogP contribution in [0.15, 0.2) is 35.1 Å². The van der Waals surface area contributed by atoms with Crippen molar-refractivity contribution >= 4 is 5.91 Å². The molecule has 6 heteroatoms. The van der Waals surface area contributed by atoms with E-state index in [1.165, 1.54) is 0 Å². The lowest BCUT2D eigenvalue weighted by atomic mass is 10.2. The minimum Gasteiger partial charge on any atom is -0.355 e. The maximum atomic E-state index is 11.8. The van der Waals surface area contributed by atoms with Crippen molar-refractivity contribution in [2.75, 3.05) is 20.1 Å². The summed E-state index contributed by atoms with van der Waals surface area (Å²) >= 11 is 0. The van der Waals surface area contributed by atoms with Crippen LogP contribution in [0.25, 0.3) is 11.3 Å². The smallest absolute Gasteiger partial charge is 0.273 e. The highest BCUT2D eigenvalue weighted by molar-refractivity contribution is 5.93. The summed E-state index contributed by atoms with van der Waals surface area (Å²) in [6, 6.07) is 5.23. The summed E-state index contributed by atoms with van der Waals surface area (Å²) in [6.45, 7) is 1.47. The van der Waals surface area contributed by atoms with Gasteiger partial charge in [0.05, 0.1) is 0 Å². The van der Waals surface area contributed by atoms with Gasteiger partial charge in [-0.3, -0.25) is 9.78 Å². The Morgan fingerprint density at radius 2 is 2.11 bits per heavy atom. The van der Waals surface area contributed by atoms with Crippen LogP contribution in [0.3, 0.4) is 0 Å². The second-order valence-electron chi connectivity index (χ2n) is 4.03. The second-order valence-corrected chi connectivity index (χ2v) is 4.03. The van der Waals surface area contributed by atoms with E-state index in [1.807, 2.05) is 7.05 Å². The van der Waals surface area contributed by atoms with Crippen LogP contribution in [-0.2, 0) is 0 Å². The number of hydrogen-bond donors (Lipinski definition) is 2. The third kappa shape index (κ3) is 3.62. The van der Waals surface area contributed by atoms with Gasteiger partial charge in [-0.1, -0.05) is 5.16 Å². The SMILES string of the molecule is CNCCCNC(=O)c1cc(-c2ccncc2)on1. The van der Waals surface area contributed by atoms with Crippen LogP contribution in [0, 0.1) is 0 Å². The molecule has 0 spiro atoms. The molecule has 1 amide bonds. The molecule has 0 aliphatic heterocycles. The van der Waals surface area contributed by atoms with E-state index in [1.54, 1.807) is 30.6 Å². The number of carbonyl (C=O) groups is 1. The van der Waals surface area contributed by atoms with Gasteiger partial charge in [0.15, 0.2) is 11.5 Å². The van der Waals surface area contributed by atoms with E-state index in [0.29, 0.717) is 12.3 Å². The molecule has 2 aromatic heterocycles. The molecule has 0 radical (unpaired) electrons. The Balaban J connectivity index is 1.95. The van der Waals surface area contributed by atoms with Gasteiger partial charge in [0.2, 0.25) is 0 Å². The molecule has 0 saturated heterocycles. The number of nitrogens with one attached hydrogen (secondary N) is 2. The fourth-order valence-corrected chi connectivity index (χ4v) is 1.59. The predicted octanol–water partition coefficient (Wildman–Crippen LogP) is 1.08. The average molecular weight is 260 g/mol. The normalized spacial score (nSPS) is 10.4. The van der Waals surface area contributed by atoms with Crippen molar-refractivity contribution in [1.29, 1.82) is 0 Å². The summed E-state index contributed by atoms with van der Waals surface area (Å²) in [5.74, 6) is 0.336. The zero-order valence-corrected chi connectivity index (χ0v) is 10.7. The Kier molecular flexibility index (Phi) is 4.63. The van der Waals surface area contributed by atoms with Crippen LogP contribution < -0.4 is 10.6 Å². The van der Waals surface area contributed by atoms with Crippen LogP contribution in [0.4, 0.5) is 0 Å². The molecule has 0 aliphatic rings. The number of rotatable bonds is 6. The van der Waals surface area contributed by atoms with E-state index in [2.05, 4.69) is 20.8 Å². The number of hydrogen-bond acceptors (Lipinski definition) is 5. The highest BCUT2D eigenvalue weighted by Gasteiger charge is 2.12. The van der Waals surface area contributed by atoms with Crippen LogP contribution in [0.1, 0.15) is 16.9 Å². The van der Waals surface area contributed by atoms with Crippen molar-refractivity contribution in [3.63, 3.8) is 0 Å². The topological polar surface area (TPSA) is 80.0 Å². The summed E-state index contributed by atoms with van der Waals surface area (Å²) in [7, 11) is 1.88. The molecule has 0 bridgehead atoms.